The molecular weight excluding hydrogens is 446 g/mol. The maximum atomic E-state index is 12.7. The number of hydrogen-bond donors (Lipinski definition) is 3. The Bertz CT molecular complexity index is 1480. The van der Waals surface area contributed by atoms with Gasteiger partial charge in [-0.2, -0.15) is 0 Å². The summed E-state index contributed by atoms with van der Waals surface area (Å²) in [5.41, 5.74) is 0.169. The summed E-state index contributed by atoms with van der Waals surface area (Å²) >= 11 is 1.22. The number of amides is 2. The van der Waals surface area contributed by atoms with Gasteiger partial charge in [-0.25, -0.2) is 9.78 Å². The lowest BCUT2D eigenvalue weighted by molar-refractivity contribution is -0.119. The van der Waals surface area contributed by atoms with Crippen LogP contribution in [0.5, 0.6) is 0 Å². The van der Waals surface area contributed by atoms with Crippen LogP contribution in [0.1, 0.15) is 42.9 Å². The molecule has 0 aliphatic rings. The smallest absolute Gasteiger partial charge is 0.329 e. The van der Waals surface area contributed by atoms with Gasteiger partial charge in [-0.1, -0.05) is 0 Å². The summed E-state index contributed by atoms with van der Waals surface area (Å²) in [6, 6.07) is 7.70. The van der Waals surface area contributed by atoms with Crippen LogP contribution < -0.4 is 21.9 Å². The molecule has 33 heavy (non-hydrogen) atoms. The third kappa shape index (κ3) is 4.62. The zero-order valence-electron chi connectivity index (χ0n) is 18.1. The van der Waals surface area contributed by atoms with Crippen LogP contribution in [0.4, 0.5) is 5.13 Å². The molecule has 2 amide bonds. The number of nitrogens with zero attached hydrogens (tertiary/aromatic N) is 2. The zero-order chi connectivity index (χ0) is 23.7. The predicted molar refractivity (Wildman–Crippen MR) is 125 cm³/mol. The number of hydrogen-bond acceptors (Lipinski definition) is 7. The molecule has 0 spiro atoms. The molecule has 4 rings (SSSR count). The van der Waals surface area contributed by atoms with E-state index in [0.29, 0.717) is 27.7 Å². The van der Waals surface area contributed by atoms with Gasteiger partial charge in [-0.05, 0) is 44.2 Å². The topological polar surface area (TPSA) is 139 Å². The number of H-pyrrole nitrogens is 1. The molecule has 0 aliphatic heterocycles. The summed E-state index contributed by atoms with van der Waals surface area (Å²) in [5.74, 6) is 0.504. The van der Waals surface area contributed by atoms with Crippen molar-refractivity contribution in [3.8, 4) is 11.5 Å². The van der Waals surface area contributed by atoms with E-state index in [0.717, 1.165) is 4.57 Å². The van der Waals surface area contributed by atoms with E-state index in [4.69, 9.17) is 4.42 Å². The Morgan fingerprint density at radius 2 is 2.00 bits per heavy atom. The lowest BCUT2D eigenvalue weighted by Gasteiger charge is -2.10. The second-order valence-electron chi connectivity index (χ2n) is 7.63. The summed E-state index contributed by atoms with van der Waals surface area (Å²) in [7, 11) is 0. The van der Waals surface area contributed by atoms with Crippen molar-refractivity contribution in [3.63, 3.8) is 0 Å². The lowest BCUT2D eigenvalue weighted by Crippen LogP contribution is -2.36. The van der Waals surface area contributed by atoms with E-state index in [9.17, 15) is 19.2 Å². The van der Waals surface area contributed by atoms with Gasteiger partial charge in [0.15, 0.2) is 10.9 Å². The van der Waals surface area contributed by atoms with E-state index < -0.39 is 17.2 Å². The maximum Gasteiger partial charge on any atom is 0.329 e. The van der Waals surface area contributed by atoms with E-state index in [1.54, 1.807) is 31.4 Å². The summed E-state index contributed by atoms with van der Waals surface area (Å²) in [4.78, 5) is 55.6. The van der Waals surface area contributed by atoms with E-state index in [1.165, 1.54) is 36.5 Å². The van der Waals surface area contributed by atoms with Crippen molar-refractivity contribution in [2.45, 2.75) is 33.4 Å². The minimum atomic E-state index is -0.527. The molecular formula is C22H21N5O5S. The van der Waals surface area contributed by atoms with Gasteiger partial charge >= 0.3 is 5.69 Å². The van der Waals surface area contributed by atoms with E-state index in [-0.39, 0.29) is 29.6 Å². The van der Waals surface area contributed by atoms with Gasteiger partial charge in [0.2, 0.25) is 5.91 Å². The van der Waals surface area contributed by atoms with Crippen molar-refractivity contribution in [3.05, 3.63) is 67.9 Å². The number of aromatic amines is 1. The molecule has 3 N–H and O–H groups in total. The fourth-order valence-corrected chi connectivity index (χ4v) is 3.97. The Labute approximate surface area is 191 Å². The molecule has 1 aromatic carbocycles. The summed E-state index contributed by atoms with van der Waals surface area (Å²) in [6.07, 6.45) is 0. The first-order valence-electron chi connectivity index (χ1n) is 10.1. The van der Waals surface area contributed by atoms with Crippen LogP contribution >= 0.6 is 11.3 Å². The quantitative estimate of drug-likeness (QED) is 0.398. The molecule has 0 unspecified atom stereocenters. The SMILES string of the molecule is CC(=O)NCc1ccc(-c2csc(NC(=O)c3ccc4c(=O)n(C(C)C)c(=O)[nH]c4c3)n2)o1. The van der Waals surface area contributed by atoms with Crippen molar-refractivity contribution >= 4 is 39.2 Å². The van der Waals surface area contributed by atoms with Crippen molar-refractivity contribution in [1.29, 1.82) is 0 Å². The predicted octanol–water partition coefficient (Wildman–Crippen LogP) is 2.88. The molecule has 11 heteroatoms. The maximum absolute atomic E-state index is 12.7. The Kier molecular flexibility index (Phi) is 5.97. The Hall–Kier alpha value is -3.99. The summed E-state index contributed by atoms with van der Waals surface area (Å²) in [6.45, 7) is 5.20. The van der Waals surface area contributed by atoms with Gasteiger partial charge in [0.05, 0.1) is 17.4 Å². The number of rotatable bonds is 6. The Balaban J connectivity index is 1.53. The van der Waals surface area contributed by atoms with Crippen molar-refractivity contribution in [2.75, 3.05) is 5.32 Å². The molecule has 10 nitrogen and oxygen atoms in total. The normalized spacial score (nSPS) is 11.2. The molecule has 170 valence electrons. The highest BCUT2D eigenvalue weighted by Gasteiger charge is 2.15. The van der Waals surface area contributed by atoms with Crippen LogP contribution in [0.25, 0.3) is 22.4 Å². The first-order valence-corrected chi connectivity index (χ1v) is 11.0. The second kappa shape index (κ2) is 8.87. The molecule has 4 aromatic rings. The summed E-state index contributed by atoms with van der Waals surface area (Å²) < 4.78 is 6.81. The van der Waals surface area contributed by atoms with Gasteiger partial charge in [-0.15, -0.1) is 11.3 Å². The molecule has 0 saturated heterocycles. The number of benzene rings is 1. The van der Waals surface area contributed by atoms with Gasteiger partial charge in [0.25, 0.3) is 11.5 Å². The van der Waals surface area contributed by atoms with Crippen LogP contribution in [-0.2, 0) is 11.3 Å². The van der Waals surface area contributed by atoms with Gasteiger partial charge in [-0.3, -0.25) is 24.3 Å². The molecule has 3 aromatic heterocycles. The molecule has 0 atom stereocenters. The fourth-order valence-electron chi connectivity index (χ4n) is 3.28. The molecule has 0 fully saturated rings. The van der Waals surface area contributed by atoms with Crippen molar-refractivity contribution < 1.29 is 14.0 Å². The van der Waals surface area contributed by atoms with E-state index in [1.807, 2.05) is 0 Å². The molecule has 0 saturated carbocycles. The largest absolute Gasteiger partial charge is 0.458 e. The van der Waals surface area contributed by atoms with E-state index >= 15 is 0 Å². The highest BCUT2D eigenvalue weighted by molar-refractivity contribution is 7.14. The fraction of sp³-hybridized carbons (Fsp3) is 0.227. The van der Waals surface area contributed by atoms with Crippen LogP contribution in [0.2, 0.25) is 0 Å². The average molecular weight is 468 g/mol. The highest BCUT2D eigenvalue weighted by atomic mass is 32.1. The minimum absolute atomic E-state index is 0.157. The number of fused-ring (bicyclic) bond motifs is 1. The highest BCUT2D eigenvalue weighted by Crippen LogP contribution is 2.27. The first kappa shape index (κ1) is 22.2. The Morgan fingerprint density at radius 3 is 2.73 bits per heavy atom. The molecule has 0 aliphatic carbocycles. The van der Waals surface area contributed by atoms with Crippen LogP contribution in [0.15, 0.2) is 49.7 Å². The standard InChI is InChI=1S/C22H21N5O5S/c1-11(2)27-20(30)15-6-4-13(8-16(15)25-22(27)31)19(29)26-21-24-17(10-33-21)18-7-5-14(32-18)9-23-12(3)28/h4-8,10-11H,9H2,1-3H3,(H,23,28)(H,25,31)(H,24,26,29). The van der Waals surface area contributed by atoms with Crippen LogP contribution in [0, 0.1) is 0 Å². The van der Waals surface area contributed by atoms with Crippen molar-refractivity contribution in [1.82, 2.24) is 19.9 Å². The average Bonchev–Trinajstić information content (AvgIpc) is 3.41. The number of carbonyl (C=O) groups is 2. The third-order valence-corrected chi connectivity index (χ3v) is 5.62. The monoisotopic (exact) mass is 467 g/mol. The molecule has 0 radical (unpaired) electrons. The number of furan rings is 1. The third-order valence-electron chi connectivity index (χ3n) is 4.86. The van der Waals surface area contributed by atoms with Crippen LogP contribution in [0.3, 0.4) is 0 Å². The van der Waals surface area contributed by atoms with Gasteiger partial charge in [0, 0.05) is 23.9 Å². The number of anilines is 1. The second-order valence-corrected chi connectivity index (χ2v) is 8.49. The van der Waals surface area contributed by atoms with Gasteiger partial charge < -0.3 is 14.7 Å². The van der Waals surface area contributed by atoms with Crippen LogP contribution in [-0.4, -0.2) is 26.3 Å². The van der Waals surface area contributed by atoms with E-state index in [2.05, 4.69) is 20.6 Å². The number of nitrogens with one attached hydrogen (secondary N) is 3. The van der Waals surface area contributed by atoms with Crippen molar-refractivity contribution in [2.24, 2.45) is 0 Å². The summed E-state index contributed by atoms with van der Waals surface area (Å²) in [5, 5.41) is 7.79. The zero-order valence-corrected chi connectivity index (χ0v) is 18.9. The molecule has 0 bridgehead atoms. The minimum Gasteiger partial charge on any atom is -0.458 e. The number of carbonyl (C=O) groups excluding carboxylic acids is 2. The number of thiazole rings is 1. The Morgan fingerprint density at radius 1 is 1.21 bits per heavy atom. The lowest BCUT2D eigenvalue weighted by atomic mass is 10.1. The first-order chi connectivity index (χ1) is 15.7. The van der Waals surface area contributed by atoms with Gasteiger partial charge in [0.1, 0.15) is 11.5 Å². The molecule has 3 heterocycles. The number of aromatic nitrogens is 3.